The summed E-state index contributed by atoms with van der Waals surface area (Å²) in [5.74, 6) is 2.08. The van der Waals surface area contributed by atoms with Crippen LogP contribution in [0.15, 0.2) is 53.1 Å². The molecule has 7 heteroatoms. The van der Waals surface area contributed by atoms with E-state index < -0.39 is 0 Å². The average molecular weight is 441 g/mol. The van der Waals surface area contributed by atoms with Crippen molar-refractivity contribution in [2.24, 2.45) is 0 Å². The molecular formula is C21H20Cl3NO3. The van der Waals surface area contributed by atoms with Gasteiger partial charge in [0.1, 0.15) is 12.4 Å². The zero-order valence-electron chi connectivity index (χ0n) is 15.3. The van der Waals surface area contributed by atoms with Crippen LogP contribution in [-0.4, -0.2) is 6.61 Å². The molecular weight excluding hydrogens is 421 g/mol. The third kappa shape index (κ3) is 5.58. The van der Waals surface area contributed by atoms with Crippen molar-refractivity contribution in [3.63, 3.8) is 0 Å². The zero-order chi connectivity index (χ0) is 19.9. The van der Waals surface area contributed by atoms with Crippen molar-refractivity contribution in [3.8, 4) is 11.5 Å². The molecule has 1 N–H and O–H groups in total. The van der Waals surface area contributed by atoms with Gasteiger partial charge < -0.3 is 19.2 Å². The number of benzene rings is 2. The molecule has 1 aromatic heterocycles. The van der Waals surface area contributed by atoms with Crippen LogP contribution < -0.4 is 14.8 Å². The summed E-state index contributed by atoms with van der Waals surface area (Å²) in [6.07, 6.45) is 1.65. The molecule has 2 aromatic carbocycles. The predicted octanol–water partition coefficient (Wildman–Crippen LogP) is 6.51. The molecule has 148 valence electrons. The lowest BCUT2D eigenvalue weighted by atomic mass is 10.2. The molecule has 0 unspecified atom stereocenters. The first-order valence-electron chi connectivity index (χ1n) is 8.82. The van der Waals surface area contributed by atoms with Crippen LogP contribution in [0.25, 0.3) is 0 Å². The highest BCUT2D eigenvalue weighted by Gasteiger charge is 2.12. The van der Waals surface area contributed by atoms with Gasteiger partial charge in [0.2, 0.25) is 0 Å². The first kappa shape index (κ1) is 20.9. The molecule has 0 saturated heterocycles. The minimum atomic E-state index is 0.323. The van der Waals surface area contributed by atoms with E-state index in [1.165, 1.54) is 0 Å². The predicted molar refractivity (Wildman–Crippen MR) is 113 cm³/mol. The van der Waals surface area contributed by atoms with Crippen LogP contribution >= 0.6 is 34.8 Å². The number of rotatable bonds is 9. The van der Waals surface area contributed by atoms with Gasteiger partial charge in [0, 0.05) is 17.6 Å². The molecule has 0 atom stereocenters. The Labute approximate surface area is 179 Å². The molecule has 0 radical (unpaired) electrons. The topological polar surface area (TPSA) is 43.6 Å². The Bertz CT molecular complexity index is 914. The number of furan rings is 1. The fraction of sp³-hybridized carbons (Fsp3) is 0.238. The smallest absolute Gasteiger partial charge is 0.163 e. The van der Waals surface area contributed by atoms with E-state index >= 15 is 0 Å². The maximum absolute atomic E-state index is 6.45. The van der Waals surface area contributed by atoms with Gasteiger partial charge in [-0.2, -0.15) is 0 Å². The third-order valence-electron chi connectivity index (χ3n) is 3.99. The summed E-state index contributed by atoms with van der Waals surface area (Å²) in [6, 6.07) is 12.8. The van der Waals surface area contributed by atoms with Gasteiger partial charge in [0.25, 0.3) is 0 Å². The fourth-order valence-electron chi connectivity index (χ4n) is 2.62. The number of halogens is 3. The van der Waals surface area contributed by atoms with Gasteiger partial charge >= 0.3 is 0 Å². The SMILES string of the molecule is CCOc1cc(CNCc2ccco2)c(Cl)cc1OCc1ccc(Cl)c(Cl)c1. The summed E-state index contributed by atoms with van der Waals surface area (Å²) >= 11 is 18.5. The fourth-order valence-corrected chi connectivity index (χ4v) is 3.16. The van der Waals surface area contributed by atoms with Crippen molar-refractivity contribution in [1.82, 2.24) is 5.32 Å². The molecule has 3 rings (SSSR count). The summed E-state index contributed by atoms with van der Waals surface area (Å²) in [7, 11) is 0. The monoisotopic (exact) mass is 439 g/mol. The quantitative estimate of drug-likeness (QED) is 0.412. The Morgan fingerprint density at radius 3 is 2.43 bits per heavy atom. The van der Waals surface area contributed by atoms with Crippen LogP contribution in [0.3, 0.4) is 0 Å². The van der Waals surface area contributed by atoms with Crippen molar-refractivity contribution in [3.05, 3.63) is 80.7 Å². The van der Waals surface area contributed by atoms with E-state index in [0.29, 0.717) is 52.9 Å². The molecule has 0 aliphatic carbocycles. The van der Waals surface area contributed by atoms with E-state index in [0.717, 1.165) is 16.9 Å². The maximum atomic E-state index is 6.45. The molecule has 4 nitrogen and oxygen atoms in total. The van der Waals surface area contributed by atoms with Gasteiger partial charge in [-0.3, -0.25) is 0 Å². The maximum Gasteiger partial charge on any atom is 0.163 e. The van der Waals surface area contributed by atoms with Crippen molar-refractivity contribution in [2.75, 3.05) is 6.61 Å². The first-order valence-corrected chi connectivity index (χ1v) is 9.95. The van der Waals surface area contributed by atoms with E-state index in [1.807, 2.05) is 31.2 Å². The molecule has 0 spiro atoms. The summed E-state index contributed by atoms with van der Waals surface area (Å²) in [4.78, 5) is 0. The Hall–Kier alpha value is -1.85. The van der Waals surface area contributed by atoms with Gasteiger partial charge in [-0.1, -0.05) is 40.9 Å². The molecule has 3 aromatic rings. The molecule has 28 heavy (non-hydrogen) atoms. The van der Waals surface area contributed by atoms with E-state index in [2.05, 4.69) is 5.32 Å². The standard InChI is InChI=1S/C21H20Cl3NO3/c1-2-26-20-9-15(11-25-12-16-4-3-7-27-16)18(23)10-21(20)28-13-14-5-6-17(22)19(24)8-14/h3-10,25H,2,11-13H2,1H3. The van der Waals surface area contributed by atoms with Crippen LogP contribution in [0.5, 0.6) is 11.5 Å². The minimum absolute atomic E-state index is 0.323. The molecule has 1 heterocycles. The van der Waals surface area contributed by atoms with E-state index in [-0.39, 0.29) is 0 Å². The highest BCUT2D eigenvalue weighted by Crippen LogP contribution is 2.34. The van der Waals surface area contributed by atoms with Crippen LogP contribution in [0.4, 0.5) is 0 Å². The summed E-state index contributed by atoms with van der Waals surface area (Å²) in [5, 5.41) is 4.90. The highest BCUT2D eigenvalue weighted by molar-refractivity contribution is 6.42. The van der Waals surface area contributed by atoms with Crippen molar-refractivity contribution < 1.29 is 13.9 Å². The lowest BCUT2D eigenvalue weighted by Gasteiger charge is -2.15. The van der Waals surface area contributed by atoms with Crippen molar-refractivity contribution >= 4 is 34.8 Å². The summed E-state index contributed by atoms with van der Waals surface area (Å²) < 4.78 is 17.0. The Balaban J connectivity index is 1.69. The lowest BCUT2D eigenvalue weighted by Crippen LogP contribution is -2.13. The zero-order valence-corrected chi connectivity index (χ0v) is 17.6. The number of ether oxygens (including phenoxy) is 2. The second-order valence-electron chi connectivity index (χ2n) is 6.04. The van der Waals surface area contributed by atoms with Crippen molar-refractivity contribution in [1.29, 1.82) is 0 Å². The molecule has 0 amide bonds. The van der Waals surface area contributed by atoms with E-state index in [9.17, 15) is 0 Å². The lowest BCUT2D eigenvalue weighted by molar-refractivity contribution is 0.269. The largest absolute Gasteiger partial charge is 0.490 e. The van der Waals surface area contributed by atoms with Crippen molar-refractivity contribution in [2.45, 2.75) is 26.6 Å². The van der Waals surface area contributed by atoms with Crippen LogP contribution in [-0.2, 0) is 19.7 Å². The second kappa shape index (κ2) is 10.1. The van der Waals surface area contributed by atoms with Crippen LogP contribution in [0, 0.1) is 0 Å². The second-order valence-corrected chi connectivity index (χ2v) is 7.27. The minimum Gasteiger partial charge on any atom is -0.490 e. The molecule has 0 aliphatic heterocycles. The number of nitrogens with one attached hydrogen (secondary N) is 1. The highest BCUT2D eigenvalue weighted by atomic mass is 35.5. The van der Waals surface area contributed by atoms with Gasteiger partial charge in [0.05, 0.1) is 29.5 Å². The van der Waals surface area contributed by atoms with Gasteiger partial charge in [-0.05, 0) is 48.4 Å². The number of hydrogen-bond acceptors (Lipinski definition) is 4. The van der Waals surface area contributed by atoms with Gasteiger partial charge in [-0.15, -0.1) is 0 Å². The van der Waals surface area contributed by atoms with E-state index in [1.54, 1.807) is 24.5 Å². The third-order valence-corrected chi connectivity index (χ3v) is 5.08. The Morgan fingerprint density at radius 1 is 0.893 bits per heavy atom. The normalized spacial score (nSPS) is 10.9. The molecule has 0 bridgehead atoms. The molecule has 0 fully saturated rings. The Morgan fingerprint density at radius 2 is 1.71 bits per heavy atom. The van der Waals surface area contributed by atoms with Gasteiger partial charge in [0.15, 0.2) is 11.5 Å². The van der Waals surface area contributed by atoms with Crippen LogP contribution in [0.2, 0.25) is 15.1 Å². The number of hydrogen-bond donors (Lipinski definition) is 1. The van der Waals surface area contributed by atoms with Gasteiger partial charge in [-0.25, -0.2) is 0 Å². The van der Waals surface area contributed by atoms with E-state index in [4.69, 9.17) is 48.7 Å². The summed E-state index contributed by atoms with van der Waals surface area (Å²) in [5.41, 5.74) is 1.82. The summed E-state index contributed by atoms with van der Waals surface area (Å²) in [6.45, 7) is 3.95. The Kier molecular flexibility index (Phi) is 7.51. The van der Waals surface area contributed by atoms with Crippen LogP contribution in [0.1, 0.15) is 23.8 Å². The average Bonchev–Trinajstić information content (AvgIpc) is 3.19. The first-order chi connectivity index (χ1) is 13.6. The molecule has 0 saturated carbocycles. The molecule has 0 aliphatic rings.